The Bertz CT molecular complexity index is 952. The predicted molar refractivity (Wildman–Crippen MR) is 100 cm³/mol. The molecule has 3 aromatic rings. The third-order valence-electron chi connectivity index (χ3n) is 3.72. The van der Waals surface area contributed by atoms with E-state index in [1.165, 1.54) is 10.7 Å². The lowest BCUT2D eigenvalue weighted by atomic mass is 10.1. The van der Waals surface area contributed by atoms with Gasteiger partial charge in [0, 0.05) is 17.3 Å². The number of nitrogens with one attached hydrogen (secondary N) is 1. The van der Waals surface area contributed by atoms with Crippen LogP contribution in [0.15, 0.2) is 71.5 Å². The standard InChI is InChI=1S/C20H19N3O3/c1-2-26-20(25)21-17-10-6-7-15(13-17)14-23-19(24)12-11-18(22-23)16-8-4-3-5-9-16/h3-13H,2,14H2,1H3,(H,21,25). The Hall–Kier alpha value is -3.41. The summed E-state index contributed by atoms with van der Waals surface area (Å²) in [4.78, 5) is 23.7. The first-order chi connectivity index (χ1) is 12.7. The molecule has 1 N–H and O–H groups in total. The normalized spacial score (nSPS) is 10.3. The Morgan fingerprint density at radius 2 is 1.88 bits per heavy atom. The minimum atomic E-state index is -0.508. The summed E-state index contributed by atoms with van der Waals surface area (Å²) in [5.74, 6) is 0. The highest BCUT2D eigenvalue weighted by molar-refractivity contribution is 5.84. The zero-order valence-corrected chi connectivity index (χ0v) is 14.4. The predicted octanol–water partition coefficient (Wildman–Crippen LogP) is 3.53. The van der Waals surface area contributed by atoms with Crippen LogP contribution in [0.5, 0.6) is 0 Å². The summed E-state index contributed by atoms with van der Waals surface area (Å²) >= 11 is 0. The first-order valence-electron chi connectivity index (χ1n) is 8.32. The number of benzene rings is 2. The summed E-state index contributed by atoms with van der Waals surface area (Å²) < 4.78 is 6.28. The van der Waals surface area contributed by atoms with Gasteiger partial charge < -0.3 is 4.74 Å². The van der Waals surface area contributed by atoms with Crippen LogP contribution in [0.3, 0.4) is 0 Å². The topological polar surface area (TPSA) is 73.2 Å². The van der Waals surface area contributed by atoms with Gasteiger partial charge in [0.25, 0.3) is 5.56 Å². The van der Waals surface area contributed by atoms with Crippen molar-refractivity contribution in [3.8, 4) is 11.3 Å². The van der Waals surface area contributed by atoms with E-state index >= 15 is 0 Å². The third-order valence-corrected chi connectivity index (χ3v) is 3.72. The van der Waals surface area contributed by atoms with Gasteiger partial charge in [0.1, 0.15) is 0 Å². The zero-order chi connectivity index (χ0) is 18.4. The number of hydrogen-bond acceptors (Lipinski definition) is 4. The van der Waals surface area contributed by atoms with E-state index in [0.717, 1.165) is 16.8 Å². The molecule has 0 saturated carbocycles. The highest BCUT2D eigenvalue weighted by Crippen LogP contribution is 2.15. The molecule has 0 aliphatic carbocycles. The molecule has 0 unspecified atom stereocenters. The molecule has 1 heterocycles. The van der Waals surface area contributed by atoms with Gasteiger partial charge in [-0.1, -0.05) is 42.5 Å². The molecule has 2 aromatic carbocycles. The first kappa shape index (κ1) is 17.4. The van der Waals surface area contributed by atoms with Crippen molar-refractivity contribution in [1.29, 1.82) is 0 Å². The van der Waals surface area contributed by atoms with Gasteiger partial charge in [-0.25, -0.2) is 9.48 Å². The van der Waals surface area contributed by atoms with Crippen LogP contribution in [-0.2, 0) is 11.3 Å². The number of anilines is 1. The molecule has 6 heteroatoms. The smallest absolute Gasteiger partial charge is 0.411 e. The van der Waals surface area contributed by atoms with E-state index in [1.54, 1.807) is 25.1 Å². The summed E-state index contributed by atoms with van der Waals surface area (Å²) in [6.45, 7) is 2.35. The van der Waals surface area contributed by atoms with Crippen molar-refractivity contribution >= 4 is 11.8 Å². The van der Waals surface area contributed by atoms with Crippen LogP contribution in [0.1, 0.15) is 12.5 Å². The van der Waals surface area contributed by atoms with E-state index in [2.05, 4.69) is 10.4 Å². The van der Waals surface area contributed by atoms with Crippen molar-refractivity contribution < 1.29 is 9.53 Å². The number of hydrogen-bond donors (Lipinski definition) is 1. The van der Waals surface area contributed by atoms with Gasteiger partial charge in [0.15, 0.2) is 0 Å². The molecule has 0 aliphatic heterocycles. The molecule has 0 bridgehead atoms. The van der Waals surface area contributed by atoms with E-state index in [-0.39, 0.29) is 5.56 Å². The Morgan fingerprint density at radius 3 is 2.65 bits per heavy atom. The quantitative estimate of drug-likeness (QED) is 0.765. The summed E-state index contributed by atoms with van der Waals surface area (Å²) in [6, 6.07) is 20.1. The third kappa shape index (κ3) is 4.36. The fraction of sp³-hybridized carbons (Fsp3) is 0.150. The Morgan fingerprint density at radius 1 is 1.08 bits per heavy atom. The molecule has 6 nitrogen and oxygen atoms in total. The number of carbonyl (C=O) groups excluding carboxylic acids is 1. The van der Waals surface area contributed by atoms with Crippen LogP contribution in [0.4, 0.5) is 10.5 Å². The van der Waals surface area contributed by atoms with Crippen LogP contribution in [0.25, 0.3) is 11.3 Å². The average Bonchev–Trinajstić information content (AvgIpc) is 2.65. The van der Waals surface area contributed by atoms with Crippen LogP contribution in [-0.4, -0.2) is 22.5 Å². The van der Waals surface area contributed by atoms with E-state index in [4.69, 9.17) is 4.74 Å². The van der Waals surface area contributed by atoms with Gasteiger partial charge in [-0.15, -0.1) is 0 Å². The monoisotopic (exact) mass is 349 g/mol. The number of carbonyl (C=O) groups is 1. The van der Waals surface area contributed by atoms with Crippen LogP contribution in [0.2, 0.25) is 0 Å². The molecule has 0 radical (unpaired) electrons. The highest BCUT2D eigenvalue weighted by atomic mass is 16.5. The second kappa shape index (κ2) is 8.11. The first-order valence-corrected chi connectivity index (χ1v) is 8.32. The summed E-state index contributed by atoms with van der Waals surface area (Å²) in [7, 11) is 0. The Labute approximate surface area is 151 Å². The molecule has 132 valence electrons. The Balaban J connectivity index is 1.83. The van der Waals surface area contributed by atoms with Gasteiger partial charge in [-0.2, -0.15) is 5.10 Å². The van der Waals surface area contributed by atoms with E-state index in [0.29, 0.717) is 18.8 Å². The maximum Gasteiger partial charge on any atom is 0.411 e. The second-order valence-electron chi connectivity index (χ2n) is 5.63. The molecule has 0 saturated heterocycles. The van der Waals surface area contributed by atoms with Crippen molar-refractivity contribution in [3.63, 3.8) is 0 Å². The Kier molecular flexibility index (Phi) is 5.43. The summed E-state index contributed by atoms with van der Waals surface area (Å²) in [5.41, 5.74) is 2.94. The number of amides is 1. The lowest BCUT2D eigenvalue weighted by Crippen LogP contribution is -2.23. The molecule has 26 heavy (non-hydrogen) atoms. The molecule has 3 rings (SSSR count). The van der Waals surface area contributed by atoms with E-state index in [1.807, 2.05) is 42.5 Å². The fourth-order valence-electron chi connectivity index (χ4n) is 2.53. The molecule has 0 fully saturated rings. The zero-order valence-electron chi connectivity index (χ0n) is 14.4. The van der Waals surface area contributed by atoms with Gasteiger partial charge in [0.05, 0.1) is 18.8 Å². The lowest BCUT2D eigenvalue weighted by Gasteiger charge is -2.09. The number of ether oxygens (including phenoxy) is 1. The van der Waals surface area contributed by atoms with Crippen LogP contribution >= 0.6 is 0 Å². The molecule has 1 aromatic heterocycles. The molecular formula is C20H19N3O3. The minimum absolute atomic E-state index is 0.187. The lowest BCUT2D eigenvalue weighted by molar-refractivity contribution is 0.168. The second-order valence-corrected chi connectivity index (χ2v) is 5.63. The highest BCUT2D eigenvalue weighted by Gasteiger charge is 2.06. The van der Waals surface area contributed by atoms with Crippen molar-refractivity contribution in [1.82, 2.24) is 9.78 Å². The molecule has 0 atom stereocenters. The average molecular weight is 349 g/mol. The fourth-order valence-corrected chi connectivity index (χ4v) is 2.53. The van der Waals surface area contributed by atoms with Crippen LogP contribution < -0.4 is 10.9 Å². The van der Waals surface area contributed by atoms with Gasteiger partial charge >= 0.3 is 6.09 Å². The van der Waals surface area contributed by atoms with Crippen molar-refractivity contribution in [2.45, 2.75) is 13.5 Å². The van der Waals surface area contributed by atoms with Crippen molar-refractivity contribution in [2.24, 2.45) is 0 Å². The molecule has 0 spiro atoms. The van der Waals surface area contributed by atoms with Crippen molar-refractivity contribution in [2.75, 3.05) is 11.9 Å². The van der Waals surface area contributed by atoms with E-state index in [9.17, 15) is 9.59 Å². The molecular weight excluding hydrogens is 330 g/mol. The van der Waals surface area contributed by atoms with Gasteiger partial charge in [0.2, 0.25) is 0 Å². The summed E-state index contributed by atoms with van der Waals surface area (Å²) in [6.07, 6.45) is -0.508. The molecule has 0 aliphatic rings. The van der Waals surface area contributed by atoms with Gasteiger partial charge in [-0.3, -0.25) is 10.1 Å². The largest absolute Gasteiger partial charge is 0.450 e. The maximum atomic E-state index is 12.2. The van der Waals surface area contributed by atoms with E-state index < -0.39 is 6.09 Å². The van der Waals surface area contributed by atoms with Crippen molar-refractivity contribution in [3.05, 3.63) is 82.6 Å². The maximum absolute atomic E-state index is 12.2. The summed E-state index contributed by atoms with van der Waals surface area (Å²) in [5, 5.41) is 7.10. The van der Waals surface area contributed by atoms with Gasteiger partial charge in [-0.05, 0) is 30.7 Å². The number of rotatable bonds is 5. The number of nitrogens with zero attached hydrogens (tertiary/aromatic N) is 2. The molecule has 1 amide bonds. The SMILES string of the molecule is CCOC(=O)Nc1cccc(Cn2nc(-c3ccccc3)ccc2=O)c1. The van der Waals surface area contributed by atoms with Crippen LogP contribution in [0, 0.1) is 0 Å². The minimum Gasteiger partial charge on any atom is -0.450 e. The number of aromatic nitrogens is 2.